The van der Waals surface area contributed by atoms with Crippen molar-refractivity contribution in [2.75, 3.05) is 19.7 Å². The van der Waals surface area contributed by atoms with Crippen LogP contribution >= 0.6 is 0 Å². The van der Waals surface area contributed by atoms with Crippen molar-refractivity contribution in [1.29, 1.82) is 0 Å². The van der Waals surface area contributed by atoms with Crippen LogP contribution < -0.4 is 10.1 Å². The summed E-state index contributed by atoms with van der Waals surface area (Å²) in [6.45, 7) is 9.90. The summed E-state index contributed by atoms with van der Waals surface area (Å²) >= 11 is 0. The highest BCUT2D eigenvalue weighted by atomic mass is 16.5. The van der Waals surface area contributed by atoms with Crippen molar-refractivity contribution in [3.8, 4) is 5.75 Å². The molecule has 1 fully saturated rings. The molecule has 1 heterocycles. The second-order valence-corrected chi connectivity index (χ2v) is 6.60. The van der Waals surface area contributed by atoms with Gasteiger partial charge in [-0.25, -0.2) is 0 Å². The van der Waals surface area contributed by atoms with Gasteiger partial charge in [-0.1, -0.05) is 32.9 Å². The van der Waals surface area contributed by atoms with Gasteiger partial charge >= 0.3 is 0 Å². The molecule has 0 atom stereocenters. The number of nitrogens with one attached hydrogen (secondary N) is 1. The van der Waals surface area contributed by atoms with Gasteiger partial charge in [-0.3, -0.25) is 0 Å². The average Bonchev–Trinajstić information content (AvgIpc) is 2.39. The third kappa shape index (κ3) is 4.54. The molecule has 1 saturated heterocycles. The first-order chi connectivity index (χ1) is 9.05. The van der Waals surface area contributed by atoms with Gasteiger partial charge < -0.3 is 10.1 Å². The minimum Gasteiger partial charge on any atom is -0.494 e. The minimum absolute atomic E-state index is 0.216. The standard InChI is InChI=1S/C17H27NO/c1-17(2,3)15-4-6-16(7-5-15)19-13-10-14-8-11-18-12-9-14/h4-7,14,18H,8-13H2,1-3H3. The van der Waals surface area contributed by atoms with Crippen LogP contribution in [0.1, 0.15) is 45.6 Å². The van der Waals surface area contributed by atoms with Crippen LogP contribution in [-0.4, -0.2) is 19.7 Å². The molecule has 0 radical (unpaired) electrons. The van der Waals surface area contributed by atoms with E-state index >= 15 is 0 Å². The lowest BCUT2D eigenvalue weighted by Crippen LogP contribution is -2.28. The Hall–Kier alpha value is -1.02. The number of hydrogen-bond donors (Lipinski definition) is 1. The fourth-order valence-electron chi connectivity index (χ4n) is 2.56. The first-order valence-corrected chi connectivity index (χ1v) is 7.50. The van der Waals surface area contributed by atoms with E-state index in [4.69, 9.17) is 4.74 Å². The largest absolute Gasteiger partial charge is 0.494 e. The lowest BCUT2D eigenvalue weighted by molar-refractivity contribution is 0.252. The zero-order chi connectivity index (χ0) is 13.7. The summed E-state index contributed by atoms with van der Waals surface area (Å²) in [4.78, 5) is 0. The van der Waals surface area contributed by atoms with Crippen molar-refractivity contribution in [2.45, 2.75) is 45.4 Å². The lowest BCUT2D eigenvalue weighted by atomic mass is 9.87. The maximum Gasteiger partial charge on any atom is 0.119 e. The number of piperidine rings is 1. The summed E-state index contributed by atoms with van der Waals surface area (Å²) in [6.07, 6.45) is 3.78. The van der Waals surface area contributed by atoms with Crippen LogP contribution in [0.3, 0.4) is 0 Å². The van der Waals surface area contributed by atoms with Gasteiger partial charge in [0, 0.05) is 0 Å². The third-order valence-electron chi connectivity index (χ3n) is 3.97. The summed E-state index contributed by atoms with van der Waals surface area (Å²) in [7, 11) is 0. The van der Waals surface area contributed by atoms with E-state index in [0.717, 1.165) is 18.3 Å². The Morgan fingerprint density at radius 2 is 1.74 bits per heavy atom. The minimum atomic E-state index is 0.216. The van der Waals surface area contributed by atoms with Crippen molar-refractivity contribution < 1.29 is 4.74 Å². The van der Waals surface area contributed by atoms with E-state index in [1.807, 2.05) is 0 Å². The van der Waals surface area contributed by atoms with Crippen molar-refractivity contribution in [3.63, 3.8) is 0 Å². The van der Waals surface area contributed by atoms with Gasteiger partial charge in [0.1, 0.15) is 5.75 Å². The average molecular weight is 261 g/mol. The maximum absolute atomic E-state index is 5.86. The summed E-state index contributed by atoms with van der Waals surface area (Å²) in [6, 6.07) is 8.56. The molecule has 1 aliphatic rings. The SMILES string of the molecule is CC(C)(C)c1ccc(OCCC2CCNCC2)cc1. The Kier molecular flexibility index (Phi) is 4.87. The smallest absolute Gasteiger partial charge is 0.119 e. The molecule has 1 aromatic carbocycles. The number of rotatable bonds is 4. The number of hydrogen-bond acceptors (Lipinski definition) is 2. The fourth-order valence-corrected chi connectivity index (χ4v) is 2.56. The van der Waals surface area contributed by atoms with Gasteiger partial charge in [0.05, 0.1) is 6.61 Å². The van der Waals surface area contributed by atoms with Crippen LogP contribution in [-0.2, 0) is 5.41 Å². The second-order valence-electron chi connectivity index (χ2n) is 6.60. The lowest BCUT2D eigenvalue weighted by Gasteiger charge is -2.22. The molecule has 0 saturated carbocycles. The van der Waals surface area contributed by atoms with Gasteiger partial charge in [0.25, 0.3) is 0 Å². The molecular formula is C17H27NO. The predicted octanol–water partition coefficient (Wildman–Crippen LogP) is 3.75. The second kappa shape index (κ2) is 6.42. The van der Waals surface area contributed by atoms with E-state index in [0.29, 0.717) is 0 Å². The molecule has 1 aromatic rings. The van der Waals surface area contributed by atoms with Gasteiger partial charge in [-0.15, -0.1) is 0 Å². The Bertz CT molecular complexity index is 371. The fraction of sp³-hybridized carbons (Fsp3) is 0.647. The van der Waals surface area contributed by atoms with Gasteiger partial charge in [-0.2, -0.15) is 0 Å². The highest BCUT2D eigenvalue weighted by Crippen LogP contribution is 2.24. The number of benzene rings is 1. The topological polar surface area (TPSA) is 21.3 Å². The third-order valence-corrected chi connectivity index (χ3v) is 3.97. The van der Waals surface area contributed by atoms with E-state index < -0.39 is 0 Å². The molecule has 0 amide bonds. The van der Waals surface area contributed by atoms with Crippen LogP contribution in [0.15, 0.2) is 24.3 Å². The molecule has 0 spiro atoms. The maximum atomic E-state index is 5.86. The molecule has 106 valence electrons. The zero-order valence-corrected chi connectivity index (χ0v) is 12.5. The van der Waals surface area contributed by atoms with E-state index in [-0.39, 0.29) is 5.41 Å². The Morgan fingerprint density at radius 3 is 2.32 bits per heavy atom. The zero-order valence-electron chi connectivity index (χ0n) is 12.5. The van der Waals surface area contributed by atoms with Crippen LogP contribution in [0.2, 0.25) is 0 Å². The van der Waals surface area contributed by atoms with E-state index in [2.05, 4.69) is 50.4 Å². The predicted molar refractivity (Wildman–Crippen MR) is 80.8 cm³/mol. The molecule has 2 nitrogen and oxygen atoms in total. The molecule has 0 aromatic heterocycles. The molecule has 0 unspecified atom stereocenters. The van der Waals surface area contributed by atoms with E-state index in [1.54, 1.807) is 0 Å². The monoisotopic (exact) mass is 261 g/mol. The highest BCUT2D eigenvalue weighted by molar-refractivity contribution is 5.31. The normalized spacial score (nSPS) is 17.4. The molecule has 1 aliphatic heterocycles. The van der Waals surface area contributed by atoms with Gasteiger partial charge in [0.15, 0.2) is 0 Å². The van der Waals surface area contributed by atoms with Gasteiger partial charge in [0.2, 0.25) is 0 Å². The molecule has 0 aliphatic carbocycles. The summed E-state index contributed by atoms with van der Waals surface area (Å²) in [5, 5.41) is 3.40. The van der Waals surface area contributed by atoms with Crippen molar-refractivity contribution in [3.05, 3.63) is 29.8 Å². The van der Waals surface area contributed by atoms with Crippen LogP contribution in [0.4, 0.5) is 0 Å². The van der Waals surface area contributed by atoms with Crippen LogP contribution in [0.5, 0.6) is 5.75 Å². The van der Waals surface area contributed by atoms with Crippen LogP contribution in [0.25, 0.3) is 0 Å². The van der Waals surface area contributed by atoms with E-state index in [9.17, 15) is 0 Å². The van der Waals surface area contributed by atoms with Crippen molar-refractivity contribution in [2.24, 2.45) is 5.92 Å². The Labute approximate surface area is 117 Å². The van der Waals surface area contributed by atoms with Crippen LogP contribution in [0, 0.1) is 5.92 Å². The number of ether oxygens (including phenoxy) is 1. The molecular weight excluding hydrogens is 234 g/mol. The first kappa shape index (κ1) is 14.4. The molecule has 1 N–H and O–H groups in total. The van der Waals surface area contributed by atoms with Crippen molar-refractivity contribution >= 4 is 0 Å². The van der Waals surface area contributed by atoms with Gasteiger partial charge in [-0.05, 0) is 61.4 Å². The summed E-state index contributed by atoms with van der Waals surface area (Å²) < 4.78 is 5.86. The molecule has 2 rings (SSSR count). The molecule has 2 heteroatoms. The Balaban J connectivity index is 1.76. The Morgan fingerprint density at radius 1 is 1.11 bits per heavy atom. The summed E-state index contributed by atoms with van der Waals surface area (Å²) in [5.74, 6) is 1.84. The van der Waals surface area contributed by atoms with Crippen molar-refractivity contribution in [1.82, 2.24) is 5.32 Å². The van der Waals surface area contributed by atoms with E-state index in [1.165, 1.54) is 37.9 Å². The molecule has 19 heavy (non-hydrogen) atoms. The highest BCUT2D eigenvalue weighted by Gasteiger charge is 2.14. The summed E-state index contributed by atoms with van der Waals surface area (Å²) in [5.41, 5.74) is 1.58. The first-order valence-electron chi connectivity index (χ1n) is 7.50. The molecule has 0 bridgehead atoms. The quantitative estimate of drug-likeness (QED) is 0.891.